The van der Waals surface area contributed by atoms with Gasteiger partial charge in [0.25, 0.3) is 8.32 Å². The third-order valence-corrected chi connectivity index (χ3v) is 12.3. The SMILES string of the molecule is CC(C)(C)[Si](O[C@@H]1O[C@@H]2CO[C@H](c3ccccc3)O[C@@H]2[C@H](O)[C@H]1N=[N+]=[N-])(c1ccccc1)c1ccccc1. The van der Waals surface area contributed by atoms with Crippen molar-refractivity contribution >= 4 is 18.7 Å². The number of hydrogen-bond acceptors (Lipinski definition) is 6. The van der Waals surface area contributed by atoms with Gasteiger partial charge < -0.3 is 23.7 Å². The Bertz CT molecular complexity index is 1210. The predicted octanol–water partition coefficient (Wildman–Crippen LogP) is 4.44. The first-order chi connectivity index (χ1) is 18.3. The van der Waals surface area contributed by atoms with Gasteiger partial charge in [-0.15, -0.1) is 0 Å². The zero-order chi connectivity index (χ0) is 26.8. The van der Waals surface area contributed by atoms with E-state index in [9.17, 15) is 10.6 Å². The molecule has 0 saturated carbocycles. The van der Waals surface area contributed by atoms with Gasteiger partial charge in [-0.25, -0.2) is 0 Å². The third kappa shape index (κ3) is 4.90. The summed E-state index contributed by atoms with van der Waals surface area (Å²) in [5.74, 6) is 0. The van der Waals surface area contributed by atoms with E-state index in [1.165, 1.54) is 0 Å². The van der Waals surface area contributed by atoms with Crippen LogP contribution in [-0.4, -0.2) is 50.7 Å². The molecular formula is C29H33N3O5Si. The van der Waals surface area contributed by atoms with Gasteiger partial charge in [0.05, 0.1) is 12.7 Å². The maximum atomic E-state index is 11.5. The van der Waals surface area contributed by atoms with Crippen LogP contribution in [0.4, 0.5) is 0 Å². The Morgan fingerprint density at radius 2 is 1.45 bits per heavy atom. The van der Waals surface area contributed by atoms with Crippen molar-refractivity contribution < 1.29 is 23.7 Å². The van der Waals surface area contributed by atoms with E-state index >= 15 is 0 Å². The molecular weight excluding hydrogens is 498 g/mol. The summed E-state index contributed by atoms with van der Waals surface area (Å²) in [4.78, 5) is 3.05. The molecule has 38 heavy (non-hydrogen) atoms. The number of benzene rings is 3. The quantitative estimate of drug-likeness (QED) is 0.219. The Balaban J connectivity index is 1.53. The minimum atomic E-state index is -3.06. The summed E-state index contributed by atoms with van der Waals surface area (Å²) in [7, 11) is -3.06. The van der Waals surface area contributed by atoms with Crippen LogP contribution in [0.5, 0.6) is 0 Å². The lowest BCUT2D eigenvalue weighted by molar-refractivity contribution is -0.332. The van der Waals surface area contributed by atoms with E-state index in [0.29, 0.717) is 0 Å². The Labute approximate surface area is 223 Å². The third-order valence-electron chi connectivity index (χ3n) is 7.30. The summed E-state index contributed by atoms with van der Waals surface area (Å²) in [6.07, 6.45) is -4.16. The maximum absolute atomic E-state index is 11.5. The molecule has 5 rings (SSSR count). The summed E-state index contributed by atoms with van der Waals surface area (Å²) >= 11 is 0. The molecule has 0 spiro atoms. The van der Waals surface area contributed by atoms with E-state index < -0.39 is 45.3 Å². The molecule has 0 amide bonds. The van der Waals surface area contributed by atoms with Crippen molar-refractivity contribution in [2.45, 2.75) is 62.7 Å². The smallest absolute Gasteiger partial charge is 0.264 e. The van der Waals surface area contributed by atoms with E-state index in [2.05, 4.69) is 55.1 Å². The lowest BCUT2D eigenvalue weighted by Gasteiger charge is -2.51. The molecule has 3 aromatic rings. The first-order valence-corrected chi connectivity index (χ1v) is 14.7. The number of nitrogens with zero attached hydrogens (tertiary/aromatic N) is 3. The zero-order valence-electron chi connectivity index (χ0n) is 21.8. The molecule has 2 aliphatic rings. The second kappa shape index (κ2) is 11.0. The van der Waals surface area contributed by atoms with Crippen LogP contribution in [0, 0.1) is 0 Å². The highest BCUT2D eigenvalue weighted by Gasteiger charge is 2.56. The number of azide groups is 1. The van der Waals surface area contributed by atoms with E-state index in [0.717, 1.165) is 15.9 Å². The van der Waals surface area contributed by atoms with E-state index in [4.69, 9.17) is 18.6 Å². The summed E-state index contributed by atoms with van der Waals surface area (Å²) in [6.45, 7) is 6.66. The first-order valence-electron chi connectivity index (χ1n) is 12.8. The monoisotopic (exact) mass is 531 g/mol. The topological polar surface area (TPSA) is 106 Å². The molecule has 0 bridgehead atoms. The van der Waals surface area contributed by atoms with Crippen molar-refractivity contribution in [3.8, 4) is 0 Å². The lowest BCUT2D eigenvalue weighted by atomic mass is 9.96. The summed E-state index contributed by atoms with van der Waals surface area (Å²) < 4.78 is 25.7. The van der Waals surface area contributed by atoms with Crippen LogP contribution in [0.2, 0.25) is 5.04 Å². The largest absolute Gasteiger partial charge is 0.390 e. The Kier molecular flexibility index (Phi) is 7.70. The lowest BCUT2D eigenvalue weighted by Crippen LogP contribution is -2.71. The van der Waals surface area contributed by atoms with Gasteiger partial charge in [0.1, 0.15) is 18.2 Å². The summed E-state index contributed by atoms with van der Waals surface area (Å²) in [6, 6.07) is 28.8. The molecule has 2 heterocycles. The first kappa shape index (κ1) is 26.6. The van der Waals surface area contributed by atoms with Crippen LogP contribution in [0.1, 0.15) is 32.6 Å². The van der Waals surface area contributed by atoms with Gasteiger partial charge in [-0.2, -0.15) is 0 Å². The Hall–Kier alpha value is -3.01. The van der Waals surface area contributed by atoms with Crippen molar-refractivity contribution in [3.63, 3.8) is 0 Å². The standard InChI is InChI=1S/C29H33N3O5Si/c1-29(2,3)38(21-15-9-5-10-16-21,22-17-11-6-12-18-22)37-28-24(31-32-30)25(33)26-23(35-28)19-34-27(36-26)20-13-7-4-8-14-20/h4-18,23-28,33H,19H2,1-3H3/t23-,24-,25-,26+,27+,28+/m1/s1. The van der Waals surface area contributed by atoms with Crippen molar-refractivity contribution in [2.24, 2.45) is 5.11 Å². The molecule has 3 aromatic carbocycles. The van der Waals surface area contributed by atoms with Crippen LogP contribution < -0.4 is 10.4 Å². The van der Waals surface area contributed by atoms with Crippen LogP contribution >= 0.6 is 0 Å². The molecule has 2 aliphatic heterocycles. The normalized spacial score (nSPS) is 27.7. The van der Waals surface area contributed by atoms with Crippen LogP contribution in [-0.2, 0) is 18.6 Å². The van der Waals surface area contributed by atoms with Gasteiger partial charge in [-0.1, -0.05) is 117 Å². The van der Waals surface area contributed by atoms with Gasteiger partial charge in [0, 0.05) is 10.5 Å². The average Bonchev–Trinajstić information content (AvgIpc) is 2.94. The maximum Gasteiger partial charge on any atom is 0.264 e. The fraction of sp³-hybridized carbons (Fsp3) is 0.379. The van der Waals surface area contributed by atoms with Crippen molar-refractivity contribution in [1.29, 1.82) is 0 Å². The molecule has 0 aromatic heterocycles. The van der Waals surface area contributed by atoms with E-state index in [1.807, 2.05) is 66.7 Å². The highest BCUT2D eigenvalue weighted by atomic mass is 28.4. The van der Waals surface area contributed by atoms with Gasteiger partial charge in [-0.05, 0) is 20.9 Å². The highest BCUT2D eigenvalue weighted by molar-refractivity contribution is 6.99. The average molecular weight is 532 g/mol. The molecule has 1 N–H and O–H groups in total. The number of rotatable bonds is 6. The fourth-order valence-corrected chi connectivity index (χ4v) is 10.1. The minimum Gasteiger partial charge on any atom is -0.390 e. The highest BCUT2D eigenvalue weighted by Crippen LogP contribution is 2.41. The molecule has 2 saturated heterocycles. The number of aliphatic hydroxyl groups excluding tert-OH is 1. The van der Waals surface area contributed by atoms with E-state index in [1.54, 1.807) is 0 Å². The van der Waals surface area contributed by atoms with E-state index in [-0.39, 0.29) is 11.6 Å². The number of aliphatic hydroxyl groups is 1. The van der Waals surface area contributed by atoms with Crippen molar-refractivity contribution in [3.05, 3.63) is 107 Å². The molecule has 0 radical (unpaired) electrons. The molecule has 198 valence electrons. The Morgan fingerprint density at radius 3 is 1.97 bits per heavy atom. The summed E-state index contributed by atoms with van der Waals surface area (Å²) in [5.41, 5.74) is 10.3. The zero-order valence-corrected chi connectivity index (χ0v) is 22.8. The fourth-order valence-electron chi connectivity index (χ4n) is 5.50. The van der Waals surface area contributed by atoms with Crippen LogP contribution in [0.15, 0.2) is 96.1 Å². The predicted molar refractivity (Wildman–Crippen MR) is 146 cm³/mol. The van der Waals surface area contributed by atoms with Gasteiger partial charge >= 0.3 is 0 Å². The number of fused-ring (bicyclic) bond motifs is 1. The number of hydrogen-bond donors (Lipinski definition) is 1. The van der Waals surface area contributed by atoms with Crippen LogP contribution in [0.25, 0.3) is 10.4 Å². The molecule has 9 heteroatoms. The molecule has 2 fully saturated rings. The summed E-state index contributed by atoms with van der Waals surface area (Å²) in [5, 5.41) is 17.2. The van der Waals surface area contributed by atoms with Crippen LogP contribution in [0.3, 0.4) is 0 Å². The molecule has 8 nitrogen and oxygen atoms in total. The van der Waals surface area contributed by atoms with Crippen molar-refractivity contribution in [2.75, 3.05) is 6.61 Å². The van der Waals surface area contributed by atoms with Gasteiger partial charge in [-0.3, -0.25) is 0 Å². The molecule has 0 aliphatic carbocycles. The number of ether oxygens (including phenoxy) is 3. The Morgan fingerprint density at radius 1 is 0.895 bits per heavy atom. The van der Waals surface area contributed by atoms with Crippen molar-refractivity contribution in [1.82, 2.24) is 0 Å². The minimum absolute atomic E-state index is 0.199. The second-order valence-corrected chi connectivity index (χ2v) is 14.9. The molecule has 6 atom stereocenters. The molecule has 0 unspecified atom stereocenters. The second-order valence-electron chi connectivity index (χ2n) is 10.7. The van der Waals surface area contributed by atoms with Gasteiger partial charge in [0.2, 0.25) is 0 Å². The van der Waals surface area contributed by atoms with Gasteiger partial charge in [0.15, 0.2) is 12.6 Å².